The van der Waals surface area contributed by atoms with Crippen molar-refractivity contribution in [2.45, 2.75) is 0 Å². The second kappa shape index (κ2) is 594. The molecule has 1 N–H and O–H groups in total. The highest BCUT2D eigenvalue weighted by Gasteiger charge is 0.973. The van der Waals surface area contributed by atoms with E-state index in [0.29, 0.717) is 0 Å². The predicted octanol–water partition coefficient (Wildman–Crippen LogP) is 1.12. The molecule has 0 aromatic heterocycles. The summed E-state index contributed by atoms with van der Waals surface area (Å²) in [5.41, 5.74) is 12.2. The van der Waals surface area contributed by atoms with E-state index >= 15 is 0 Å². The molecule has 0 amide bonds. The van der Waals surface area contributed by atoms with E-state index in [1.54, 1.807) is 4.91 Å². The lowest BCUT2D eigenvalue weighted by molar-refractivity contribution is 1.45. The van der Waals surface area contributed by atoms with Gasteiger partial charge in [0.2, 0.25) is 0 Å². The minimum atomic E-state index is 1.75. The van der Waals surface area contributed by atoms with Crippen LogP contribution in [0.15, 0.2) is 0 Å². The van der Waals surface area contributed by atoms with Crippen LogP contribution in [0.4, 0.5) is 0 Å². The molecule has 0 rings (SSSR count). The van der Waals surface area contributed by atoms with Gasteiger partial charge < -0.3 is 0 Å². The Labute approximate surface area is 30.0 Å². The van der Waals surface area contributed by atoms with Crippen LogP contribution < -0.4 is 0 Å². The Hall–Kier alpha value is -1.13. The molecule has 0 aliphatic carbocycles. The van der Waals surface area contributed by atoms with Crippen LogP contribution in [0.2, 0.25) is 0 Å². The lowest BCUT2D eigenvalue weighted by Crippen LogP contribution is -0.769. The molecular weight excluding hydrogens is 66.0 g/mol. The van der Waals surface area contributed by atoms with Gasteiger partial charge in [-0.25, -0.2) is 0 Å². The van der Waals surface area contributed by atoms with Crippen molar-refractivity contribution >= 4 is 0 Å². The normalized spacial score (nSPS) is 2.00. The van der Waals surface area contributed by atoms with E-state index < -0.39 is 0 Å². The van der Waals surface area contributed by atoms with Crippen molar-refractivity contribution in [3.05, 3.63) is 10.4 Å². The maximum atomic E-state index is 6.86. The molecule has 0 aliphatic rings. The van der Waals surface area contributed by atoms with Gasteiger partial charge in [0.1, 0.15) is 0 Å². The third-order valence-corrected chi connectivity index (χ3v) is 0. The van der Waals surface area contributed by atoms with Crippen LogP contribution in [0.5, 0.6) is 0 Å². The fraction of sp³-hybridized carbons (Fsp3) is 0. The third-order valence-electron chi connectivity index (χ3n) is 0. The van der Waals surface area contributed by atoms with Crippen molar-refractivity contribution in [2.75, 3.05) is 0 Å². The Kier molecular flexibility index (Phi) is 1080. The van der Waals surface area contributed by atoms with Gasteiger partial charge in [-0.3, -0.25) is 0 Å². The smallest absolute Gasteiger partial charge is 0.00208 e. The van der Waals surface area contributed by atoms with Crippen LogP contribution >= 0.6 is 0 Å². The molecule has 0 bridgehead atoms. The molecule has 0 fully saturated rings. The van der Waals surface area contributed by atoms with E-state index in [1.807, 2.05) is 0 Å². The Balaban J connectivity index is 0. The average Bonchev–Trinajstić information content (AvgIpc) is 1.46. The summed E-state index contributed by atoms with van der Waals surface area (Å²) in [6, 6.07) is 0. The highest BCUT2D eigenvalue weighted by atomic mass is 15.0. The van der Waals surface area contributed by atoms with Crippen molar-refractivity contribution in [1.29, 1.82) is 5.53 Å². The van der Waals surface area contributed by atoms with Gasteiger partial charge in [0.25, 0.3) is 0 Å². The van der Waals surface area contributed by atoms with Crippen LogP contribution in [0.1, 0.15) is 0 Å². The monoisotopic (exact) mass is 69.0 g/mol. The minimum absolute atomic E-state index is 1.75. The van der Waals surface area contributed by atoms with Crippen LogP contribution in [0.25, 0.3) is 10.4 Å². The molecule has 26 valence electrons. The van der Waals surface area contributed by atoms with Crippen molar-refractivity contribution in [3.8, 4) is 12.8 Å². The van der Waals surface area contributed by atoms with E-state index in [9.17, 15) is 0 Å². The molecule has 0 aromatic rings. The first kappa shape index (κ1) is 9.12. The van der Waals surface area contributed by atoms with E-state index in [2.05, 4.69) is 12.8 Å². The van der Waals surface area contributed by atoms with Gasteiger partial charge in [-0.2, -0.15) is 0 Å². The van der Waals surface area contributed by atoms with Crippen LogP contribution in [0.3, 0.4) is 0 Å². The van der Waals surface area contributed by atoms with Crippen molar-refractivity contribution in [1.82, 2.24) is 0 Å². The fourth-order valence-electron chi connectivity index (χ4n) is 0. The van der Waals surface area contributed by atoms with Gasteiger partial charge in [0.05, 0.1) is 0 Å². The highest BCUT2D eigenvalue weighted by Crippen LogP contribution is 1.24. The van der Waals surface area contributed by atoms with Gasteiger partial charge >= 0.3 is 0 Å². The zero-order valence-electron chi connectivity index (χ0n) is 2.55. The molecule has 3 heteroatoms. The first-order valence-corrected chi connectivity index (χ1v) is 0.757. The summed E-state index contributed by atoms with van der Waals surface area (Å²) < 4.78 is 0. The average molecular weight is 69.1 g/mol. The van der Waals surface area contributed by atoms with Crippen LogP contribution in [-0.2, 0) is 0 Å². The second-order valence-corrected chi connectivity index (χ2v) is 0.100. The first-order chi connectivity index (χ1) is 2.41. The maximum Gasteiger partial charge on any atom is -0.00208 e. The first-order valence-electron chi connectivity index (χ1n) is 0.757. The summed E-state index contributed by atoms with van der Waals surface area (Å²) in [4.78, 5) is 1.75. The van der Waals surface area contributed by atoms with Crippen molar-refractivity contribution < 1.29 is 0 Å². The number of nitrogens with one attached hydrogen (secondary N) is 1. The largest absolute Gasteiger partial charge is 0.124 e. The van der Waals surface area contributed by atoms with Crippen LogP contribution in [0, 0.1) is 18.4 Å². The zero-order chi connectivity index (χ0) is 4.71. The number of nitrogens with zero attached hydrogens (tertiary/aromatic N) is 2. The quantitative estimate of drug-likeness (QED) is 0.192. The Morgan fingerprint density at radius 1 is 1.60 bits per heavy atom. The van der Waals surface area contributed by atoms with Gasteiger partial charge in [0, 0.05) is 0 Å². The summed E-state index contributed by atoms with van der Waals surface area (Å²) in [5, 5.41) is 0. The van der Waals surface area contributed by atoms with Gasteiger partial charge in [0.15, 0.2) is 0 Å². The predicted molar refractivity (Wildman–Crippen MR) is 19.3 cm³/mol. The summed E-state index contributed by atoms with van der Waals surface area (Å²) in [6.07, 6.45) is 8.00. The van der Waals surface area contributed by atoms with Gasteiger partial charge in [-0.1, -0.05) is 0 Å². The number of hydrogen-bond acceptors (Lipinski definition) is 1. The molecule has 0 atom stereocenters. The van der Waals surface area contributed by atoms with Gasteiger partial charge in [-0.05, 0) is 10.4 Å². The molecule has 0 heterocycles. The summed E-state index contributed by atoms with van der Waals surface area (Å²) in [7, 11) is 0. The summed E-state index contributed by atoms with van der Waals surface area (Å²) in [6.45, 7) is 0. The molecular formula is C2H3N3. The second-order valence-electron chi connectivity index (χ2n) is 0.100. The van der Waals surface area contributed by atoms with Crippen molar-refractivity contribution in [2.24, 2.45) is 0 Å². The summed E-state index contributed by atoms with van der Waals surface area (Å²) in [5.74, 6) is 0. The van der Waals surface area contributed by atoms with E-state index in [4.69, 9.17) is 11.1 Å². The Morgan fingerprint density at radius 3 is 1.60 bits per heavy atom. The van der Waals surface area contributed by atoms with Crippen molar-refractivity contribution in [3.63, 3.8) is 0 Å². The molecule has 0 aromatic carbocycles. The molecule has 0 aliphatic heterocycles. The molecule has 0 spiro atoms. The van der Waals surface area contributed by atoms with E-state index in [0.717, 1.165) is 0 Å². The zero-order valence-corrected chi connectivity index (χ0v) is 2.55. The van der Waals surface area contributed by atoms with Gasteiger partial charge in [-0.15, -0.1) is 18.4 Å². The highest BCUT2D eigenvalue weighted by molar-refractivity contribution is 4.47. The SMILES string of the molecule is C#C.[N-]=[N+]=N. The topological polar surface area (TPSA) is 60.3 Å². The molecule has 0 saturated carbocycles. The molecule has 0 radical (unpaired) electrons. The Bertz CT molecular complexity index is 47.2. The number of terminal acetylenes is 1. The van der Waals surface area contributed by atoms with E-state index in [1.165, 1.54) is 0 Å². The van der Waals surface area contributed by atoms with Crippen LogP contribution in [-0.4, -0.2) is 0 Å². The fourth-order valence-corrected chi connectivity index (χ4v) is 0. The maximum absolute atomic E-state index is 6.86. The molecule has 5 heavy (non-hydrogen) atoms. The Morgan fingerprint density at radius 2 is 1.60 bits per heavy atom. The lowest BCUT2D eigenvalue weighted by Gasteiger charge is -1.03. The third kappa shape index (κ3) is 1.70. The molecule has 3 nitrogen and oxygen atoms in total. The molecule has 0 unspecified atom stereocenters. The lowest BCUT2D eigenvalue weighted by atomic mass is 11.4. The minimum Gasteiger partial charge on any atom is -0.124 e. The molecule has 0 saturated heterocycles. The summed E-state index contributed by atoms with van der Waals surface area (Å²) >= 11 is 0. The standard InChI is InChI=1S/C2H2.HN3/c1-2;1-3-2/h1-2H;1H. The number of hydrogen-bond donors (Lipinski definition) is 1. The number of rotatable bonds is 0. The van der Waals surface area contributed by atoms with E-state index in [-0.39, 0.29) is 0 Å².